The van der Waals surface area contributed by atoms with Crippen LogP contribution in [0.3, 0.4) is 0 Å². The van der Waals surface area contributed by atoms with Crippen molar-refractivity contribution in [2.24, 2.45) is 0 Å². The molecule has 3 aromatic carbocycles. The predicted octanol–water partition coefficient (Wildman–Crippen LogP) is 3.51. The fourth-order valence-electron chi connectivity index (χ4n) is 5.04. The lowest BCUT2D eigenvalue weighted by atomic mass is 10.0. The molecular formula is C27H29N3O4. The van der Waals surface area contributed by atoms with Crippen LogP contribution >= 0.6 is 0 Å². The average molecular weight is 460 g/mol. The Kier molecular flexibility index (Phi) is 6.01. The highest BCUT2D eigenvalue weighted by atomic mass is 16.5. The van der Waals surface area contributed by atoms with E-state index in [1.807, 2.05) is 53.4 Å². The summed E-state index contributed by atoms with van der Waals surface area (Å²) in [6.07, 6.45) is 1.43. The van der Waals surface area contributed by atoms with E-state index in [0.29, 0.717) is 31.4 Å². The van der Waals surface area contributed by atoms with Gasteiger partial charge in [0, 0.05) is 43.8 Å². The first-order chi connectivity index (χ1) is 16.6. The maximum atomic E-state index is 13.4. The van der Waals surface area contributed by atoms with Gasteiger partial charge in [-0.05, 0) is 48.6 Å². The number of piperazine rings is 1. The first-order valence-corrected chi connectivity index (χ1v) is 11.8. The number of carbonyl (C=O) groups excluding carboxylic acids is 2. The normalized spacial score (nSPS) is 18.4. The predicted molar refractivity (Wildman–Crippen MR) is 131 cm³/mol. The number of methoxy groups -OCH3 is 1. The molecule has 0 bridgehead atoms. The number of hydrogen-bond acceptors (Lipinski definition) is 5. The number of fused-ring (bicyclic) bond motifs is 1. The van der Waals surface area contributed by atoms with Crippen molar-refractivity contribution < 1.29 is 19.4 Å². The summed E-state index contributed by atoms with van der Waals surface area (Å²) in [5.74, 6) is 0.520. The third-order valence-corrected chi connectivity index (χ3v) is 6.96. The van der Waals surface area contributed by atoms with Crippen LogP contribution in [-0.2, 0) is 4.79 Å². The topological polar surface area (TPSA) is 73.3 Å². The second-order valence-corrected chi connectivity index (χ2v) is 8.85. The van der Waals surface area contributed by atoms with Crippen molar-refractivity contribution in [1.29, 1.82) is 0 Å². The van der Waals surface area contributed by atoms with E-state index in [2.05, 4.69) is 4.90 Å². The molecule has 2 heterocycles. The van der Waals surface area contributed by atoms with Crippen LogP contribution in [0.1, 0.15) is 23.2 Å². The fraction of sp³-hybridized carbons (Fsp3) is 0.333. The van der Waals surface area contributed by atoms with Gasteiger partial charge in [-0.15, -0.1) is 0 Å². The van der Waals surface area contributed by atoms with E-state index in [-0.39, 0.29) is 23.1 Å². The Hall–Kier alpha value is -3.74. The molecule has 0 aromatic heterocycles. The van der Waals surface area contributed by atoms with Gasteiger partial charge in [0.2, 0.25) is 5.91 Å². The first-order valence-electron chi connectivity index (χ1n) is 11.8. The number of hydrogen-bond donors (Lipinski definition) is 1. The number of rotatable bonds is 4. The molecule has 0 aliphatic carbocycles. The van der Waals surface area contributed by atoms with Gasteiger partial charge in [-0.3, -0.25) is 9.59 Å². The lowest BCUT2D eigenvalue weighted by molar-refractivity contribution is -0.135. The van der Waals surface area contributed by atoms with Crippen molar-refractivity contribution >= 4 is 28.3 Å². The van der Waals surface area contributed by atoms with Crippen molar-refractivity contribution in [1.82, 2.24) is 9.80 Å². The van der Waals surface area contributed by atoms with Gasteiger partial charge in [-0.2, -0.15) is 0 Å². The zero-order valence-corrected chi connectivity index (χ0v) is 19.3. The quantitative estimate of drug-likeness (QED) is 0.647. The highest BCUT2D eigenvalue weighted by molar-refractivity contribution is 6.05. The summed E-state index contributed by atoms with van der Waals surface area (Å²) in [6, 6.07) is 18.4. The minimum Gasteiger partial charge on any atom is -0.506 e. The largest absolute Gasteiger partial charge is 0.506 e. The Balaban J connectivity index is 1.27. The van der Waals surface area contributed by atoms with Crippen molar-refractivity contribution in [3.05, 3.63) is 66.2 Å². The summed E-state index contributed by atoms with van der Waals surface area (Å²) in [4.78, 5) is 32.6. The van der Waals surface area contributed by atoms with Crippen molar-refractivity contribution in [3.8, 4) is 11.5 Å². The number of amides is 2. The molecule has 0 saturated carbocycles. The number of carbonyl (C=O) groups is 2. The Morgan fingerprint density at radius 3 is 2.38 bits per heavy atom. The lowest BCUT2D eigenvalue weighted by Gasteiger charge is -2.38. The molecule has 1 atom stereocenters. The fourth-order valence-corrected chi connectivity index (χ4v) is 5.04. The Morgan fingerprint density at radius 2 is 1.65 bits per heavy atom. The van der Waals surface area contributed by atoms with Gasteiger partial charge in [0.1, 0.15) is 17.5 Å². The Morgan fingerprint density at radius 1 is 0.912 bits per heavy atom. The molecule has 1 unspecified atom stereocenters. The van der Waals surface area contributed by atoms with Crippen molar-refractivity contribution in [2.45, 2.75) is 18.9 Å². The third kappa shape index (κ3) is 4.02. The van der Waals surface area contributed by atoms with Gasteiger partial charge in [-0.25, -0.2) is 0 Å². The third-order valence-electron chi connectivity index (χ3n) is 6.96. The van der Waals surface area contributed by atoms with Gasteiger partial charge < -0.3 is 24.5 Å². The molecule has 34 heavy (non-hydrogen) atoms. The molecule has 176 valence electrons. The van der Waals surface area contributed by atoms with Gasteiger partial charge in [0.25, 0.3) is 5.91 Å². The summed E-state index contributed by atoms with van der Waals surface area (Å²) in [6.45, 7) is 3.23. The van der Waals surface area contributed by atoms with Gasteiger partial charge in [-0.1, -0.05) is 30.3 Å². The van der Waals surface area contributed by atoms with Gasteiger partial charge in [0.05, 0.1) is 12.7 Å². The van der Waals surface area contributed by atoms with Crippen LogP contribution in [0, 0.1) is 0 Å². The molecular weight excluding hydrogens is 430 g/mol. The molecule has 7 heteroatoms. The maximum Gasteiger partial charge on any atom is 0.258 e. The molecule has 2 aliphatic rings. The van der Waals surface area contributed by atoms with Crippen LogP contribution in [0.15, 0.2) is 60.7 Å². The molecule has 2 fully saturated rings. The van der Waals surface area contributed by atoms with E-state index in [4.69, 9.17) is 4.74 Å². The SMILES string of the molecule is COc1ccc(N2CCN(C(=O)C3CCCN3C(=O)c3ccc4ccccc4c3O)CC2)cc1. The number of phenolic OH excluding ortho intramolecular Hbond substituents is 1. The first kappa shape index (κ1) is 22.1. The standard InChI is InChI=1S/C27H29N3O4/c1-34-21-11-9-20(10-12-21)28-15-17-29(18-16-28)27(33)24-7-4-14-30(24)26(32)23-13-8-19-5-2-3-6-22(19)25(23)31/h2-3,5-6,8-13,24,31H,4,7,14-18H2,1H3. The maximum absolute atomic E-state index is 13.4. The van der Waals surface area contributed by atoms with Crippen LogP contribution in [0.5, 0.6) is 11.5 Å². The van der Waals surface area contributed by atoms with E-state index in [1.165, 1.54) is 0 Å². The number of ether oxygens (including phenoxy) is 1. The second-order valence-electron chi connectivity index (χ2n) is 8.85. The van der Waals surface area contributed by atoms with E-state index >= 15 is 0 Å². The number of nitrogens with zero attached hydrogens (tertiary/aromatic N) is 3. The molecule has 2 amide bonds. The van der Waals surface area contributed by atoms with Crippen LogP contribution < -0.4 is 9.64 Å². The van der Waals surface area contributed by atoms with Gasteiger partial charge in [0.15, 0.2) is 0 Å². The lowest BCUT2D eigenvalue weighted by Crippen LogP contribution is -2.54. The zero-order valence-electron chi connectivity index (χ0n) is 19.3. The summed E-state index contributed by atoms with van der Waals surface area (Å²) in [7, 11) is 1.65. The molecule has 2 saturated heterocycles. The van der Waals surface area contributed by atoms with Crippen LogP contribution in [0.25, 0.3) is 10.8 Å². The Labute approximate surface area is 199 Å². The molecule has 2 aliphatic heterocycles. The van der Waals surface area contributed by atoms with E-state index in [9.17, 15) is 14.7 Å². The number of likely N-dealkylation sites (tertiary alicyclic amines) is 1. The highest BCUT2D eigenvalue weighted by Crippen LogP contribution is 2.32. The molecule has 1 N–H and O–H groups in total. The van der Waals surface area contributed by atoms with E-state index < -0.39 is 6.04 Å². The zero-order chi connectivity index (χ0) is 23.7. The monoisotopic (exact) mass is 459 g/mol. The minimum atomic E-state index is -0.481. The van der Waals surface area contributed by atoms with Crippen LogP contribution in [0.2, 0.25) is 0 Å². The highest BCUT2D eigenvalue weighted by Gasteiger charge is 2.38. The molecule has 3 aromatic rings. The smallest absolute Gasteiger partial charge is 0.258 e. The van der Waals surface area contributed by atoms with E-state index in [0.717, 1.165) is 36.3 Å². The van der Waals surface area contributed by atoms with Crippen LogP contribution in [-0.4, -0.2) is 72.6 Å². The molecule has 7 nitrogen and oxygen atoms in total. The van der Waals surface area contributed by atoms with Crippen LogP contribution in [0.4, 0.5) is 5.69 Å². The molecule has 0 spiro atoms. The second kappa shape index (κ2) is 9.25. The summed E-state index contributed by atoms with van der Waals surface area (Å²) < 4.78 is 5.23. The molecule has 0 radical (unpaired) electrons. The summed E-state index contributed by atoms with van der Waals surface area (Å²) in [5.41, 5.74) is 1.36. The Bertz CT molecular complexity index is 1200. The average Bonchev–Trinajstić information content (AvgIpc) is 3.38. The number of aromatic hydroxyl groups is 1. The summed E-state index contributed by atoms with van der Waals surface area (Å²) in [5, 5.41) is 12.3. The minimum absolute atomic E-state index is 0.000472. The number of phenols is 1. The summed E-state index contributed by atoms with van der Waals surface area (Å²) >= 11 is 0. The molecule has 5 rings (SSSR count). The number of benzene rings is 3. The number of anilines is 1. The van der Waals surface area contributed by atoms with E-state index in [1.54, 1.807) is 24.1 Å². The van der Waals surface area contributed by atoms with Crippen molar-refractivity contribution in [3.63, 3.8) is 0 Å². The van der Waals surface area contributed by atoms with Crippen molar-refractivity contribution in [2.75, 3.05) is 44.7 Å². The van der Waals surface area contributed by atoms with Gasteiger partial charge >= 0.3 is 0 Å².